The van der Waals surface area contributed by atoms with Gasteiger partial charge in [0.25, 0.3) is 5.91 Å². The minimum Gasteiger partial charge on any atom is -0.495 e. The number of urea groups is 1. The summed E-state index contributed by atoms with van der Waals surface area (Å²) in [5, 5.41) is 11.9. The van der Waals surface area contributed by atoms with Crippen molar-refractivity contribution < 1.29 is 27.5 Å². The van der Waals surface area contributed by atoms with Gasteiger partial charge in [-0.05, 0) is 50.6 Å². The standard InChI is InChI=1S/C25H25F3N8O3/c1-24(2,3)35-22(37)14-11-36-20(21(29)30-12-31-36)19(14)13-8-9-15(16(10-13)39-4)32-23(38)34-18-7-5-6-17(33-18)25(26,27)28/h5-12H,1-4H3,(H,35,37)(H2,29,30,31)(H2,32,33,34,38). The topological polar surface area (TPSA) is 149 Å². The second-order valence-electron chi connectivity index (χ2n) is 9.46. The normalized spacial score (nSPS) is 11.8. The highest BCUT2D eigenvalue weighted by Crippen LogP contribution is 2.37. The first-order valence-electron chi connectivity index (χ1n) is 11.5. The van der Waals surface area contributed by atoms with Gasteiger partial charge >= 0.3 is 12.2 Å². The second kappa shape index (κ2) is 10.1. The number of alkyl halides is 3. The number of nitrogen functional groups attached to an aromatic ring is 1. The van der Waals surface area contributed by atoms with Crippen molar-refractivity contribution in [1.29, 1.82) is 0 Å². The van der Waals surface area contributed by atoms with Crippen molar-refractivity contribution in [2.45, 2.75) is 32.5 Å². The van der Waals surface area contributed by atoms with E-state index >= 15 is 0 Å². The van der Waals surface area contributed by atoms with Crippen LogP contribution in [0, 0.1) is 0 Å². The van der Waals surface area contributed by atoms with Gasteiger partial charge < -0.3 is 21.1 Å². The molecule has 0 spiro atoms. The lowest BCUT2D eigenvalue weighted by molar-refractivity contribution is -0.141. The second-order valence-corrected chi connectivity index (χ2v) is 9.46. The number of hydrogen-bond acceptors (Lipinski definition) is 7. The summed E-state index contributed by atoms with van der Waals surface area (Å²) in [6.07, 6.45) is -1.85. The molecule has 4 rings (SSSR count). The van der Waals surface area contributed by atoms with Crippen molar-refractivity contribution in [3.63, 3.8) is 0 Å². The molecule has 39 heavy (non-hydrogen) atoms. The molecule has 11 nitrogen and oxygen atoms in total. The van der Waals surface area contributed by atoms with E-state index in [1.165, 1.54) is 36.3 Å². The number of rotatable bonds is 5. The van der Waals surface area contributed by atoms with Crippen LogP contribution < -0.4 is 26.4 Å². The molecule has 0 aliphatic heterocycles. The number of carbonyl (C=O) groups is 2. The third-order valence-corrected chi connectivity index (χ3v) is 5.35. The zero-order valence-corrected chi connectivity index (χ0v) is 21.3. The third kappa shape index (κ3) is 6.00. The number of aromatic nitrogens is 4. The zero-order chi connectivity index (χ0) is 28.5. The van der Waals surface area contributed by atoms with Crippen molar-refractivity contribution >= 4 is 34.8 Å². The van der Waals surface area contributed by atoms with E-state index in [4.69, 9.17) is 10.5 Å². The summed E-state index contributed by atoms with van der Waals surface area (Å²) in [5.41, 5.74) is 6.32. The Balaban J connectivity index is 1.68. The van der Waals surface area contributed by atoms with E-state index in [0.29, 0.717) is 16.6 Å². The van der Waals surface area contributed by atoms with Gasteiger partial charge in [-0.1, -0.05) is 12.1 Å². The Morgan fingerprint density at radius 3 is 2.49 bits per heavy atom. The molecular formula is C25H25F3N8O3. The van der Waals surface area contributed by atoms with Crippen LogP contribution in [0.3, 0.4) is 0 Å². The Kier molecular flexibility index (Phi) is 7.05. The van der Waals surface area contributed by atoms with Gasteiger partial charge in [0.1, 0.15) is 29.1 Å². The average Bonchev–Trinajstić information content (AvgIpc) is 3.24. The van der Waals surface area contributed by atoms with Crippen LogP contribution in [0.2, 0.25) is 0 Å². The number of halogens is 3. The summed E-state index contributed by atoms with van der Waals surface area (Å²) in [6, 6.07) is 7.02. The van der Waals surface area contributed by atoms with Crippen molar-refractivity contribution in [3.05, 3.63) is 60.2 Å². The molecule has 0 atom stereocenters. The van der Waals surface area contributed by atoms with Crippen LogP contribution in [0.1, 0.15) is 36.8 Å². The number of anilines is 3. The van der Waals surface area contributed by atoms with Crippen LogP contribution in [0.4, 0.5) is 35.3 Å². The maximum Gasteiger partial charge on any atom is 0.433 e. The number of nitrogens with zero attached hydrogens (tertiary/aromatic N) is 4. The smallest absolute Gasteiger partial charge is 0.433 e. The number of fused-ring (bicyclic) bond motifs is 1. The number of nitrogens with two attached hydrogens (primary N) is 1. The Hall–Kier alpha value is -4.88. The molecule has 4 aromatic rings. The van der Waals surface area contributed by atoms with Crippen molar-refractivity contribution in [2.75, 3.05) is 23.5 Å². The van der Waals surface area contributed by atoms with Gasteiger partial charge in [-0.3, -0.25) is 10.1 Å². The molecule has 0 fully saturated rings. The fraction of sp³-hybridized carbons (Fsp3) is 0.240. The molecule has 3 heterocycles. The van der Waals surface area contributed by atoms with E-state index in [2.05, 4.69) is 31.0 Å². The Morgan fingerprint density at radius 1 is 1.08 bits per heavy atom. The van der Waals surface area contributed by atoms with Crippen LogP contribution >= 0.6 is 0 Å². The maximum atomic E-state index is 13.2. The van der Waals surface area contributed by atoms with Crippen LogP contribution in [-0.4, -0.2) is 44.2 Å². The van der Waals surface area contributed by atoms with Crippen LogP contribution in [0.15, 0.2) is 48.9 Å². The van der Waals surface area contributed by atoms with Gasteiger partial charge in [0.2, 0.25) is 0 Å². The van der Waals surface area contributed by atoms with Crippen LogP contribution in [0.5, 0.6) is 5.75 Å². The molecular weight excluding hydrogens is 517 g/mol. The monoisotopic (exact) mass is 542 g/mol. The molecule has 0 saturated heterocycles. The van der Waals surface area contributed by atoms with Gasteiger partial charge in [-0.2, -0.15) is 18.3 Å². The lowest BCUT2D eigenvalue weighted by Crippen LogP contribution is -2.40. The number of ether oxygens (including phenoxy) is 1. The predicted molar refractivity (Wildman–Crippen MR) is 138 cm³/mol. The minimum atomic E-state index is -4.66. The summed E-state index contributed by atoms with van der Waals surface area (Å²) in [5.74, 6) is -0.305. The third-order valence-electron chi connectivity index (χ3n) is 5.35. The minimum absolute atomic E-state index is 0.143. The molecule has 0 aliphatic carbocycles. The molecule has 3 amide bonds. The number of methoxy groups -OCH3 is 1. The van der Waals surface area contributed by atoms with E-state index in [-0.39, 0.29) is 34.5 Å². The predicted octanol–water partition coefficient (Wildman–Crippen LogP) is 4.57. The molecule has 1 aromatic carbocycles. The summed E-state index contributed by atoms with van der Waals surface area (Å²) in [4.78, 5) is 33.2. The number of hydrogen-bond donors (Lipinski definition) is 4. The molecule has 14 heteroatoms. The van der Waals surface area contributed by atoms with Crippen LogP contribution in [-0.2, 0) is 6.18 Å². The lowest BCUT2D eigenvalue weighted by atomic mass is 10.00. The molecule has 0 aliphatic rings. The van der Waals surface area contributed by atoms with E-state index in [9.17, 15) is 22.8 Å². The van der Waals surface area contributed by atoms with Gasteiger partial charge in [0, 0.05) is 17.3 Å². The first-order chi connectivity index (χ1) is 18.3. The first-order valence-corrected chi connectivity index (χ1v) is 11.5. The summed E-state index contributed by atoms with van der Waals surface area (Å²) >= 11 is 0. The highest BCUT2D eigenvalue weighted by Gasteiger charge is 2.32. The first kappa shape index (κ1) is 27.2. The van der Waals surface area contributed by atoms with E-state index < -0.39 is 23.4 Å². The van der Waals surface area contributed by atoms with Gasteiger partial charge in [0.05, 0.1) is 18.4 Å². The fourth-order valence-corrected chi connectivity index (χ4v) is 3.79. The lowest BCUT2D eigenvalue weighted by Gasteiger charge is -2.20. The van der Waals surface area contributed by atoms with Gasteiger partial charge in [0.15, 0.2) is 5.82 Å². The Morgan fingerprint density at radius 2 is 1.82 bits per heavy atom. The fourth-order valence-electron chi connectivity index (χ4n) is 3.79. The van der Waals surface area contributed by atoms with Crippen molar-refractivity contribution in [1.82, 2.24) is 24.9 Å². The molecule has 0 bridgehead atoms. The molecule has 0 unspecified atom stereocenters. The van der Waals surface area contributed by atoms with Crippen LogP contribution in [0.25, 0.3) is 16.6 Å². The van der Waals surface area contributed by atoms with E-state index in [1.807, 2.05) is 20.8 Å². The molecule has 0 saturated carbocycles. The highest BCUT2D eigenvalue weighted by atomic mass is 19.4. The van der Waals surface area contributed by atoms with E-state index in [1.54, 1.807) is 12.1 Å². The maximum absolute atomic E-state index is 13.2. The number of nitrogens with one attached hydrogen (secondary N) is 3. The summed E-state index contributed by atoms with van der Waals surface area (Å²) in [7, 11) is 1.37. The average molecular weight is 543 g/mol. The van der Waals surface area contributed by atoms with Gasteiger partial charge in [-0.15, -0.1) is 0 Å². The SMILES string of the molecule is COc1cc(-c2c(C(=O)NC(C)(C)C)cn3ncnc(N)c23)ccc1NC(=O)Nc1cccc(C(F)(F)F)n1. The number of amides is 3. The molecule has 204 valence electrons. The number of benzene rings is 1. The van der Waals surface area contributed by atoms with Gasteiger partial charge in [-0.25, -0.2) is 19.3 Å². The van der Waals surface area contributed by atoms with Crippen molar-refractivity contribution in [3.8, 4) is 16.9 Å². The molecule has 3 aromatic heterocycles. The quantitative estimate of drug-likeness (QED) is 0.289. The number of carbonyl (C=O) groups excluding carboxylic acids is 2. The molecule has 5 N–H and O–H groups in total. The van der Waals surface area contributed by atoms with Crippen molar-refractivity contribution in [2.24, 2.45) is 0 Å². The highest BCUT2D eigenvalue weighted by molar-refractivity contribution is 6.08. The Labute approximate surface area is 220 Å². The number of pyridine rings is 1. The largest absolute Gasteiger partial charge is 0.495 e. The zero-order valence-electron chi connectivity index (χ0n) is 21.3. The Bertz CT molecular complexity index is 1560. The van der Waals surface area contributed by atoms with E-state index in [0.717, 1.165) is 12.1 Å². The molecule has 0 radical (unpaired) electrons. The summed E-state index contributed by atoms with van der Waals surface area (Å²) in [6.45, 7) is 5.54. The summed E-state index contributed by atoms with van der Waals surface area (Å²) < 4.78 is 45.7.